The van der Waals surface area contributed by atoms with Crippen molar-refractivity contribution in [3.63, 3.8) is 0 Å². The lowest BCUT2D eigenvalue weighted by molar-refractivity contribution is 0.125. The van der Waals surface area contributed by atoms with E-state index in [0.717, 1.165) is 6.61 Å². The minimum Gasteiger partial charge on any atom is -0.379 e. The van der Waals surface area contributed by atoms with E-state index < -0.39 is 0 Å². The van der Waals surface area contributed by atoms with E-state index in [1.165, 1.54) is 12.8 Å². The van der Waals surface area contributed by atoms with Crippen molar-refractivity contribution < 1.29 is 4.74 Å². The molecule has 1 rings (SSSR count). The van der Waals surface area contributed by atoms with E-state index in [1.807, 2.05) is 0 Å². The van der Waals surface area contributed by atoms with Crippen LogP contribution in [0.1, 0.15) is 19.8 Å². The molecule has 0 amide bonds. The van der Waals surface area contributed by atoms with Crippen LogP contribution in [0, 0.1) is 0 Å². The molecule has 0 spiro atoms. The van der Waals surface area contributed by atoms with E-state index in [0.29, 0.717) is 6.10 Å². The summed E-state index contributed by atoms with van der Waals surface area (Å²) in [6.45, 7) is 3.11. The molecule has 0 unspecified atom stereocenters. The maximum absolute atomic E-state index is 5.15. The predicted molar refractivity (Wildman–Crippen MR) is 35.0 cm³/mol. The summed E-state index contributed by atoms with van der Waals surface area (Å²) in [4.78, 5) is 0. The zero-order chi connectivity index (χ0) is 4.41. The lowest BCUT2D eigenvalue weighted by Crippen LogP contribution is -1.94. The van der Waals surface area contributed by atoms with Crippen LogP contribution in [0.3, 0.4) is 0 Å². The van der Waals surface area contributed by atoms with E-state index in [-0.39, 0.29) is 13.5 Å². The molecule has 0 aromatic carbocycles. The van der Waals surface area contributed by atoms with Crippen molar-refractivity contribution in [2.45, 2.75) is 25.9 Å². The van der Waals surface area contributed by atoms with Crippen molar-refractivity contribution >= 4 is 13.5 Å². The van der Waals surface area contributed by atoms with Crippen LogP contribution in [0.2, 0.25) is 0 Å². The second-order valence-electron chi connectivity index (χ2n) is 1.82. The van der Waals surface area contributed by atoms with Crippen LogP contribution in [-0.4, -0.2) is 12.7 Å². The topological polar surface area (TPSA) is 9.23 Å². The van der Waals surface area contributed by atoms with Gasteiger partial charge in [0.25, 0.3) is 0 Å². The van der Waals surface area contributed by atoms with E-state index in [9.17, 15) is 0 Å². The lowest BCUT2D eigenvalue weighted by atomic mass is 10.3. The molecule has 2 heteroatoms. The number of rotatable bonds is 0. The Morgan fingerprint density at radius 3 is 2.43 bits per heavy atom. The van der Waals surface area contributed by atoms with Gasteiger partial charge in [0.05, 0.1) is 6.10 Å². The third-order valence-corrected chi connectivity index (χ3v) is 1.16. The summed E-state index contributed by atoms with van der Waals surface area (Å²) in [7, 11) is 0. The average Bonchev–Trinajstić information content (AvgIpc) is 1.86. The van der Waals surface area contributed by atoms with E-state index >= 15 is 0 Å². The quantitative estimate of drug-likeness (QED) is 0.468. The highest BCUT2D eigenvalue weighted by Gasteiger charge is 2.07. The maximum Gasteiger partial charge on any atom is 0.0547 e. The van der Waals surface area contributed by atoms with Gasteiger partial charge in [0.1, 0.15) is 0 Å². The molecule has 1 aliphatic heterocycles. The molecule has 0 radical (unpaired) electrons. The summed E-state index contributed by atoms with van der Waals surface area (Å²) in [6.07, 6.45) is 3.08. The first-order chi connectivity index (χ1) is 2.89. The Morgan fingerprint density at radius 1 is 1.57 bits per heavy atom. The molecule has 0 saturated carbocycles. The van der Waals surface area contributed by atoms with Gasteiger partial charge in [-0.2, -0.15) is 13.5 Å². The summed E-state index contributed by atoms with van der Waals surface area (Å²) in [6, 6.07) is 0. The Kier molecular flexibility index (Phi) is 3.48. The third kappa shape index (κ3) is 2.19. The molecule has 1 fully saturated rings. The van der Waals surface area contributed by atoms with Gasteiger partial charge in [0.2, 0.25) is 0 Å². The van der Waals surface area contributed by atoms with Gasteiger partial charge in [-0.25, -0.2) is 0 Å². The molecule has 0 aromatic heterocycles. The summed E-state index contributed by atoms with van der Waals surface area (Å²) < 4.78 is 5.15. The third-order valence-electron chi connectivity index (χ3n) is 1.16. The normalized spacial score (nSPS) is 29.6. The molecule has 1 nitrogen and oxygen atoms in total. The van der Waals surface area contributed by atoms with Gasteiger partial charge in [-0.3, -0.25) is 0 Å². The Morgan fingerprint density at radius 2 is 2.29 bits per heavy atom. The van der Waals surface area contributed by atoms with Crippen LogP contribution < -0.4 is 0 Å². The standard InChI is InChI=1S/C5H10O.H2S/c1-5-3-2-4-6-5;/h5H,2-4H2,1H3;1H2/t5-;/m0./s1. The van der Waals surface area contributed by atoms with Crippen LogP contribution in [0.4, 0.5) is 0 Å². The molecule has 1 heterocycles. The Labute approximate surface area is 51.5 Å². The molecule has 1 saturated heterocycles. The van der Waals surface area contributed by atoms with Crippen LogP contribution in [0.25, 0.3) is 0 Å². The summed E-state index contributed by atoms with van der Waals surface area (Å²) in [5.41, 5.74) is 0. The Bertz CT molecular complexity index is 41.3. The lowest BCUT2D eigenvalue weighted by Gasteiger charge is -1.94. The van der Waals surface area contributed by atoms with Crippen molar-refractivity contribution in [3.05, 3.63) is 0 Å². The molecule has 0 aliphatic carbocycles. The zero-order valence-corrected chi connectivity index (χ0v) is 5.61. The van der Waals surface area contributed by atoms with Gasteiger partial charge >= 0.3 is 0 Å². The van der Waals surface area contributed by atoms with Crippen LogP contribution in [-0.2, 0) is 4.74 Å². The maximum atomic E-state index is 5.15. The number of hydrogen-bond donors (Lipinski definition) is 0. The highest BCUT2D eigenvalue weighted by atomic mass is 32.1. The summed E-state index contributed by atoms with van der Waals surface area (Å²) in [5.74, 6) is 0. The highest BCUT2D eigenvalue weighted by molar-refractivity contribution is 7.59. The van der Waals surface area contributed by atoms with Gasteiger partial charge in [-0.05, 0) is 19.8 Å². The molecule has 0 aromatic rings. The molecule has 0 N–H and O–H groups in total. The SMILES string of the molecule is C[C@H]1CCCO1.S. The second kappa shape index (κ2) is 3.33. The fourth-order valence-electron chi connectivity index (χ4n) is 0.739. The van der Waals surface area contributed by atoms with Gasteiger partial charge in [0, 0.05) is 6.61 Å². The average molecular weight is 120 g/mol. The smallest absolute Gasteiger partial charge is 0.0547 e. The molecule has 1 aliphatic rings. The highest BCUT2D eigenvalue weighted by Crippen LogP contribution is 2.09. The van der Waals surface area contributed by atoms with Crippen LogP contribution >= 0.6 is 13.5 Å². The Hall–Kier alpha value is 0.310. The van der Waals surface area contributed by atoms with E-state index in [1.54, 1.807) is 0 Å². The van der Waals surface area contributed by atoms with Gasteiger partial charge in [-0.1, -0.05) is 0 Å². The van der Waals surface area contributed by atoms with E-state index in [2.05, 4.69) is 6.92 Å². The number of hydrogen-bond acceptors (Lipinski definition) is 1. The van der Waals surface area contributed by atoms with Crippen LogP contribution in [0.15, 0.2) is 0 Å². The number of ether oxygens (including phenoxy) is 1. The monoisotopic (exact) mass is 120 g/mol. The van der Waals surface area contributed by atoms with E-state index in [4.69, 9.17) is 4.74 Å². The van der Waals surface area contributed by atoms with Crippen molar-refractivity contribution in [2.75, 3.05) is 6.61 Å². The second-order valence-corrected chi connectivity index (χ2v) is 1.82. The minimum atomic E-state index is 0. The van der Waals surface area contributed by atoms with Gasteiger partial charge in [0.15, 0.2) is 0 Å². The molecule has 7 heavy (non-hydrogen) atoms. The first kappa shape index (κ1) is 7.31. The fourth-order valence-corrected chi connectivity index (χ4v) is 0.739. The van der Waals surface area contributed by atoms with Crippen molar-refractivity contribution in [3.8, 4) is 0 Å². The molecule has 0 bridgehead atoms. The first-order valence-corrected chi connectivity index (χ1v) is 2.51. The largest absolute Gasteiger partial charge is 0.379 e. The van der Waals surface area contributed by atoms with Crippen LogP contribution in [0.5, 0.6) is 0 Å². The minimum absolute atomic E-state index is 0. The molecular formula is C5H12OS. The molecule has 1 atom stereocenters. The van der Waals surface area contributed by atoms with Crippen molar-refractivity contribution in [1.82, 2.24) is 0 Å². The predicted octanol–water partition coefficient (Wildman–Crippen LogP) is 1.30. The molecular weight excluding hydrogens is 108 g/mol. The fraction of sp³-hybridized carbons (Fsp3) is 1.00. The van der Waals surface area contributed by atoms with Gasteiger partial charge in [-0.15, -0.1) is 0 Å². The summed E-state index contributed by atoms with van der Waals surface area (Å²) in [5, 5.41) is 0. The Balaban J connectivity index is 0.000000360. The summed E-state index contributed by atoms with van der Waals surface area (Å²) >= 11 is 0. The zero-order valence-electron chi connectivity index (χ0n) is 4.61. The molecule has 44 valence electrons. The van der Waals surface area contributed by atoms with Crippen molar-refractivity contribution in [1.29, 1.82) is 0 Å². The van der Waals surface area contributed by atoms with Gasteiger partial charge < -0.3 is 4.74 Å². The first-order valence-electron chi connectivity index (χ1n) is 2.51. The van der Waals surface area contributed by atoms with Crippen molar-refractivity contribution in [2.24, 2.45) is 0 Å².